The van der Waals surface area contributed by atoms with E-state index in [-0.39, 0.29) is 35.9 Å². The van der Waals surface area contributed by atoms with Crippen molar-refractivity contribution in [3.63, 3.8) is 0 Å². The van der Waals surface area contributed by atoms with Gasteiger partial charge in [0, 0.05) is 12.0 Å². The number of amides is 2. The van der Waals surface area contributed by atoms with Gasteiger partial charge in [0.05, 0.1) is 5.69 Å². The molecule has 1 atom stereocenters. The number of anilines is 1. The summed E-state index contributed by atoms with van der Waals surface area (Å²) >= 11 is 0. The zero-order valence-electron chi connectivity index (χ0n) is 15.0. The van der Waals surface area contributed by atoms with Gasteiger partial charge in [0.25, 0.3) is 5.91 Å². The quantitative estimate of drug-likeness (QED) is 0.669. The van der Waals surface area contributed by atoms with E-state index in [9.17, 15) is 23.9 Å². The molecule has 1 unspecified atom stereocenters. The summed E-state index contributed by atoms with van der Waals surface area (Å²) < 4.78 is 14.1. The largest absolute Gasteiger partial charge is 0.480 e. The standard InChI is InChI=1S/C18H25FN2O4/c1-5-8-18(4,17(24)25)21-16(23)12-6-7-14(13(19)10-12)20-15(22)9-11(2)3/h6-7,10-11H,5,8-9H2,1-4H3,(H,20,22)(H,21,23)(H,24,25). The maximum Gasteiger partial charge on any atom is 0.329 e. The van der Waals surface area contributed by atoms with E-state index in [1.165, 1.54) is 19.1 Å². The predicted octanol–water partition coefficient (Wildman–Crippen LogP) is 3.18. The van der Waals surface area contributed by atoms with Gasteiger partial charge in [-0.3, -0.25) is 9.59 Å². The van der Waals surface area contributed by atoms with Crippen molar-refractivity contribution in [3.05, 3.63) is 29.6 Å². The summed E-state index contributed by atoms with van der Waals surface area (Å²) in [7, 11) is 0. The number of aliphatic carboxylic acids is 1. The Labute approximate surface area is 146 Å². The molecular weight excluding hydrogens is 327 g/mol. The smallest absolute Gasteiger partial charge is 0.329 e. The van der Waals surface area contributed by atoms with Gasteiger partial charge in [-0.15, -0.1) is 0 Å². The van der Waals surface area contributed by atoms with Gasteiger partial charge >= 0.3 is 5.97 Å². The molecule has 7 heteroatoms. The van der Waals surface area contributed by atoms with E-state index in [0.717, 1.165) is 6.07 Å². The molecule has 0 heterocycles. The van der Waals surface area contributed by atoms with Crippen LogP contribution in [0.4, 0.5) is 10.1 Å². The van der Waals surface area contributed by atoms with Crippen LogP contribution in [0.15, 0.2) is 18.2 Å². The van der Waals surface area contributed by atoms with Gasteiger partial charge in [0.1, 0.15) is 11.4 Å². The molecule has 0 fully saturated rings. The van der Waals surface area contributed by atoms with Crippen LogP contribution in [0.2, 0.25) is 0 Å². The second-order valence-electron chi connectivity index (χ2n) is 6.68. The lowest BCUT2D eigenvalue weighted by atomic mass is 9.95. The Morgan fingerprint density at radius 1 is 1.28 bits per heavy atom. The average molecular weight is 352 g/mol. The highest BCUT2D eigenvalue weighted by Gasteiger charge is 2.34. The Morgan fingerprint density at radius 2 is 1.92 bits per heavy atom. The van der Waals surface area contributed by atoms with Crippen molar-refractivity contribution in [2.75, 3.05) is 5.32 Å². The third-order valence-electron chi connectivity index (χ3n) is 3.71. The Bertz CT molecular complexity index is 660. The van der Waals surface area contributed by atoms with Crippen LogP contribution in [0, 0.1) is 11.7 Å². The normalized spacial score (nSPS) is 13.2. The first kappa shape index (κ1) is 20.6. The van der Waals surface area contributed by atoms with Gasteiger partial charge in [-0.2, -0.15) is 0 Å². The second-order valence-corrected chi connectivity index (χ2v) is 6.68. The summed E-state index contributed by atoms with van der Waals surface area (Å²) in [6.45, 7) is 6.97. The highest BCUT2D eigenvalue weighted by atomic mass is 19.1. The third-order valence-corrected chi connectivity index (χ3v) is 3.71. The summed E-state index contributed by atoms with van der Waals surface area (Å²) in [5.74, 6) is -2.76. The molecule has 0 radical (unpaired) electrons. The molecule has 2 amide bonds. The number of carboxylic acids is 1. The molecule has 0 saturated carbocycles. The highest BCUT2D eigenvalue weighted by Crippen LogP contribution is 2.19. The molecule has 3 N–H and O–H groups in total. The monoisotopic (exact) mass is 352 g/mol. The van der Waals surface area contributed by atoms with Gasteiger partial charge < -0.3 is 15.7 Å². The fraction of sp³-hybridized carbons (Fsp3) is 0.500. The first-order valence-electron chi connectivity index (χ1n) is 8.24. The molecule has 138 valence electrons. The van der Waals surface area contributed by atoms with Crippen molar-refractivity contribution in [2.45, 2.75) is 52.5 Å². The molecule has 1 aromatic rings. The maximum absolute atomic E-state index is 14.1. The lowest BCUT2D eigenvalue weighted by Gasteiger charge is -2.25. The maximum atomic E-state index is 14.1. The molecule has 0 aliphatic heterocycles. The summed E-state index contributed by atoms with van der Waals surface area (Å²) in [4.78, 5) is 35.3. The fourth-order valence-electron chi connectivity index (χ4n) is 2.38. The van der Waals surface area contributed by atoms with Crippen LogP contribution in [-0.2, 0) is 9.59 Å². The van der Waals surface area contributed by atoms with E-state index in [2.05, 4.69) is 10.6 Å². The van der Waals surface area contributed by atoms with Gasteiger partial charge in [0.15, 0.2) is 0 Å². The summed E-state index contributed by atoms with van der Waals surface area (Å²) in [6.07, 6.45) is 1.08. The number of carbonyl (C=O) groups excluding carboxylic acids is 2. The first-order chi connectivity index (χ1) is 11.6. The van der Waals surface area contributed by atoms with Crippen LogP contribution >= 0.6 is 0 Å². The van der Waals surface area contributed by atoms with E-state index in [0.29, 0.717) is 6.42 Å². The van der Waals surface area contributed by atoms with Gasteiger partial charge in [-0.05, 0) is 37.5 Å². The second kappa shape index (κ2) is 8.60. The van der Waals surface area contributed by atoms with Crippen LogP contribution in [0.25, 0.3) is 0 Å². The van der Waals surface area contributed by atoms with Crippen molar-refractivity contribution in [1.82, 2.24) is 5.32 Å². The third kappa shape index (κ3) is 5.85. The zero-order valence-corrected chi connectivity index (χ0v) is 15.0. The van der Waals surface area contributed by atoms with E-state index < -0.39 is 23.2 Å². The zero-order chi connectivity index (χ0) is 19.2. The van der Waals surface area contributed by atoms with Crippen LogP contribution in [0.3, 0.4) is 0 Å². The van der Waals surface area contributed by atoms with E-state index in [1.54, 1.807) is 0 Å². The lowest BCUT2D eigenvalue weighted by Crippen LogP contribution is -2.52. The fourth-order valence-corrected chi connectivity index (χ4v) is 2.38. The number of carboxylic acid groups (broad SMARTS) is 1. The number of nitrogens with one attached hydrogen (secondary N) is 2. The van der Waals surface area contributed by atoms with Crippen LogP contribution in [0.5, 0.6) is 0 Å². The number of carbonyl (C=O) groups is 3. The van der Waals surface area contributed by atoms with Gasteiger partial charge in [0.2, 0.25) is 5.91 Å². The number of hydrogen-bond donors (Lipinski definition) is 3. The first-order valence-corrected chi connectivity index (χ1v) is 8.24. The molecule has 0 aromatic heterocycles. The Morgan fingerprint density at radius 3 is 2.40 bits per heavy atom. The molecular formula is C18H25FN2O4. The minimum Gasteiger partial charge on any atom is -0.480 e. The molecule has 0 bridgehead atoms. The Kier molecular flexibility index (Phi) is 7.09. The molecule has 0 saturated heterocycles. The number of rotatable bonds is 8. The molecule has 1 rings (SSSR count). The lowest BCUT2D eigenvalue weighted by molar-refractivity contribution is -0.144. The van der Waals surface area contributed by atoms with Crippen molar-refractivity contribution >= 4 is 23.5 Å². The van der Waals surface area contributed by atoms with Crippen LogP contribution in [-0.4, -0.2) is 28.4 Å². The Hall–Kier alpha value is -2.44. The van der Waals surface area contributed by atoms with Crippen molar-refractivity contribution in [2.24, 2.45) is 5.92 Å². The Balaban J connectivity index is 2.90. The highest BCUT2D eigenvalue weighted by molar-refractivity contribution is 5.98. The topological polar surface area (TPSA) is 95.5 Å². The minimum atomic E-state index is -1.42. The van der Waals surface area contributed by atoms with Crippen molar-refractivity contribution < 1.29 is 23.9 Å². The van der Waals surface area contributed by atoms with Crippen molar-refractivity contribution in [3.8, 4) is 0 Å². The van der Waals surface area contributed by atoms with Crippen molar-refractivity contribution in [1.29, 1.82) is 0 Å². The van der Waals surface area contributed by atoms with Crippen LogP contribution in [0.1, 0.15) is 57.3 Å². The van der Waals surface area contributed by atoms with E-state index in [1.807, 2.05) is 20.8 Å². The molecule has 6 nitrogen and oxygen atoms in total. The van der Waals surface area contributed by atoms with Gasteiger partial charge in [-0.25, -0.2) is 9.18 Å². The average Bonchev–Trinajstić information content (AvgIpc) is 2.48. The predicted molar refractivity (Wildman–Crippen MR) is 92.9 cm³/mol. The SMILES string of the molecule is CCCC(C)(NC(=O)c1ccc(NC(=O)CC(C)C)c(F)c1)C(=O)O. The molecule has 0 aliphatic rings. The van der Waals surface area contributed by atoms with E-state index in [4.69, 9.17) is 0 Å². The molecule has 0 aliphatic carbocycles. The minimum absolute atomic E-state index is 0.0112. The van der Waals surface area contributed by atoms with Crippen LogP contribution < -0.4 is 10.6 Å². The van der Waals surface area contributed by atoms with E-state index >= 15 is 0 Å². The number of benzene rings is 1. The summed E-state index contributed by atoms with van der Waals surface area (Å²) in [5, 5.41) is 14.2. The summed E-state index contributed by atoms with van der Waals surface area (Å²) in [5.41, 5.74) is -1.45. The summed E-state index contributed by atoms with van der Waals surface area (Å²) in [6, 6.07) is 3.62. The molecule has 25 heavy (non-hydrogen) atoms. The molecule has 0 spiro atoms. The van der Waals surface area contributed by atoms with Gasteiger partial charge in [-0.1, -0.05) is 27.2 Å². The number of halogens is 1. The molecule has 1 aromatic carbocycles. The number of hydrogen-bond acceptors (Lipinski definition) is 3.